The highest BCUT2D eigenvalue weighted by Crippen LogP contribution is 1.77. The second kappa shape index (κ2) is 5.72. The van der Waals surface area contributed by atoms with Crippen molar-refractivity contribution >= 4 is 5.78 Å². The summed E-state index contributed by atoms with van der Waals surface area (Å²) in [4.78, 5) is 10.4. The predicted molar refractivity (Wildman–Crippen MR) is 35.3 cm³/mol. The van der Waals surface area contributed by atoms with Crippen molar-refractivity contribution < 1.29 is 9.90 Å². The molecule has 9 heavy (non-hydrogen) atoms. The Hall–Kier alpha value is -0.410. The lowest BCUT2D eigenvalue weighted by molar-refractivity contribution is -0.121. The number of hydrogen-bond donors (Lipinski definition) is 2. The maximum atomic E-state index is 10.4. The smallest absolute Gasteiger partial charge is 0.159 e. The first kappa shape index (κ1) is 8.59. The Balaban J connectivity index is 2.97. The van der Waals surface area contributed by atoms with Gasteiger partial charge in [0, 0.05) is 13.0 Å². The lowest BCUT2D eigenvalue weighted by Gasteiger charge is -1.96. The molecule has 0 atom stereocenters. The van der Waals surface area contributed by atoms with Crippen molar-refractivity contribution in [3.05, 3.63) is 0 Å². The number of hydrogen-bond acceptors (Lipinski definition) is 3. The number of carbonyl (C=O) groups is 1. The number of carbonyl (C=O) groups excluding carboxylic acids is 1. The zero-order valence-electron chi connectivity index (χ0n) is 5.68. The molecule has 0 aliphatic carbocycles. The SMILES string of the molecule is CCNCCC(=O)CO. The summed E-state index contributed by atoms with van der Waals surface area (Å²) in [6, 6.07) is 0. The first-order valence-electron chi connectivity index (χ1n) is 3.14. The molecule has 0 radical (unpaired) electrons. The van der Waals surface area contributed by atoms with E-state index in [9.17, 15) is 4.79 Å². The summed E-state index contributed by atoms with van der Waals surface area (Å²) >= 11 is 0. The highest BCUT2D eigenvalue weighted by atomic mass is 16.3. The fourth-order valence-electron chi connectivity index (χ4n) is 0.484. The lowest BCUT2D eigenvalue weighted by Crippen LogP contribution is -2.18. The average molecular weight is 131 g/mol. The minimum atomic E-state index is -0.328. The highest BCUT2D eigenvalue weighted by Gasteiger charge is 1.95. The van der Waals surface area contributed by atoms with Crippen LogP contribution in [0.1, 0.15) is 13.3 Å². The van der Waals surface area contributed by atoms with E-state index in [0.29, 0.717) is 13.0 Å². The molecule has 0 saturated heterocycles. The maximum Gasteiger partial charge on any atom is 0.159 e. The summed E-state index contributed by atoms with van der Waals surface area (Å²) in [6.45, 7) is 3.20. The van der Waals surface area contributed by atoms with E-state index in [-0.39, 0.29) is 12.4 Å². The monoisotopic (exact) mass is 131 g/mol. The molecule has 0 spiro atoms. The number of rotatable bonds is 5. The van der Waals surface area contributed by atoms with Crippen LogP contribution in [0.4, 0.5) is 0 Å². The summed E-state index contributed by atoms with van der Waals surface area (Å²) in [5.41, 5.74) is 0. The van der Waals surface area contributed by atoms with E-state index in [1.165, 1.54) is 0 Å². The third kappa shape index (κ3) is 5.46. The predicted octanol–water partition coefficient (Wildman–Crippen LogP) is -0.453. The first-order valence-corrected chi connectivity index (χ1v) is 3.14. The molecule has 0 bridgehead atoms. The van der Waals surface area contributed by atoms with Gasteiger partial charge in [0.15, 0.2) is 5.78 Å². The topological polar surface area (TPSA) is 49.3 Å². The van der Waals surface area contributed by atoms with Gasteiger partial charge in [0.1, 0.15) is 6.61 Å². The van der Waals surface area contributed by atoms with Crippen LogP contribution in [0.3, 0.4) is 0 Å². The number of nitrogens with one attached hydrogen (secondary N) is 1. The van der Waals surface area contributed by atoms with Crippen molar-refractivity contribution in [2.24, 2.45) is 0 Å². The van der Waals surface area contributed by atoms with Gasteiger partial charge in [-0.05, 0) is 6.54 Å². The van der Waals surface area contributed by atoms with Crippen LogP contribution in [0.25, 0.3) is 0 Å². The van der Waals surface area contributed by atoms with E-state index in [0.717, 1.165) is 6.54 Å². The molecule has 0 saturated carbocycles. The molecule has 3 heteroatoms. The molecular weight excluding hydrogens is 118 g/mol. The van der Waals surface area contributed by atoms with Crippen molar-refractivity contribution in [2.45, 2.75) is 13.3 Å². The Kier molecular flexibility index (Phi) is 5.46. The fourth-order valence-corrected chi connectivity index (χ4v) is 0.484. The third-order valence-electron chi connectivity index (χ3n) is 1.01. The molecule has 0 aliphatic rings. The fraction of sp³-hybridized carbons (Fsp3) is 0.833. The normalized spacial score (nSPS) is 9.56. The molecule has 0 aromatic carbocycles. The Morgan fingerprint density at radius 2 is 2.33 bits per heavy atom. The molecule has 0 aromatic rings. The quantitative estimate of drug-likeness (QED) is 0.497. The maximum absolute atomic E-state index is 10.4. The van der Waals surface area contributed by atoms with E-state index >= 15 is 0 Å². The van der Waals surface area contributed by atoms with E-state index in [1.807, 2.05) is 6.92 Å². The van der Waals surface area contributed by atoms with Crippen molar-refractivity contribution in [3.63, 3.8) is 0 Å². The highest BCUT2D eigenvalue weighted by molar-refractivity contribution is 5.79. The Labute approximate surface area is 55.1 Å². The lowest BCUT2D eigenvalue weighted by atomic mass is 10.3. The number of aliphatic hydroxyl groups excluding tert-OH is 1. The summed E-state index contributed by atoms with van der Waals surface area (Å²) < 4.78 is 0. The second-order valence-electron chi connectivity index (χ2n) is 1.80. The molecule has 0 unspecified atom stereocenters. The van der Waals surface area contributed by atoms with Crippen LogP contribution in [0.5, 0.6) is 0 Å². The van der Waals surface area contributed by atoms with Crippen LogP contribution in [-0.2, 0) is 4.79 Å². The van der Waals surface area contributed by atoms with Gasteiger partial charge in [0.25, 0.3) is 0 Å². The van der Waals surface area contributed by atoms with Crippen LogP contribution in [0.2, 0.25) is 0 Å². The van der Waals surface area contributed by atoms with Crippen LogP contribution in [-0.4, -0.2) is 30.6 Å². The summed E-state index contributed by atoms with van der Waals surface area (Å²) in [5.74, 6) is -0.101. The van der Waals surface area contributed by atoms with Gasteiger partial charge in [-0.2, -0.15) is 0 Å². The molecule has 3 nitrogen and oxygen atoms in total. The van der Waals surface area contributed by atoms with E-state index in [2.05, 4.69) is 5.32 Å². The minimum absolute atomic E-state index is 0.101. The van der Waals surface area contributed by atoms with E-state index < -0.39 is 0 Å². The minimum Gasteiger partial charge on any atom is -0.389 e. The Morgan fingerprint density at radius 1 is 1.67 bits per heavy atom. The van der Waals surface area contributed by atoms with Gasteiger partial charge >= 0.3 is 0 Å². The van der Waals surface area contributed by atoms with E-state index in [4.69, 9.17) is 5.11 Å². The molecule has 0 aliphatic heterocycles. The van der Waals surface area contributed by atoms with Crippen molar-refractivity contribution in [1.29, 1.82) is 0 Å². The van der Waals surface area contributed by atoms with Crippen molar-refractivity contribution in [3.8, 4) is 0 Å². The molecule has 0 rings (SSSR count). The summed E-state index contributed by atoms with van der Waals surface area (Å²) in [6.07, 6.45) is 0.435. The van der Waals surface area contributed by atoms with Gasteiger partial charge in [0.2, 0.25) is 0 Å². The molecule has 0 amide bonds. The molecule has 0 heterocycles. The van der Waals surface area contributed by atoms with Crippen LogP contribution < -0.4 is 5.32 Å². The van der Waals surface area contributed by atoms with Crippen LogP contribution in [0.15, 0.2) is 0 Å². The van der Waals surface area contributed by atoms with Crippen molar-refractivity contribution in [2.75, 3.05) is 19.7 Å². The standard InChI is InChI=1S/C6H13NO2/c1-2-7-4-3-6(9)5-8/h7-8H,2-5H2,1H3. The van der Waals surface area contributed by atoms with Gasteiger partial charge in [-0.1, -0.05) is 6.92 Å². The average Bonchev–Trinajstić information content (AvgIpc) is 1.89. The van der Waals surface area contributed by atoms with Crippen LogP contribution in [0, 0.1) is 0 Å². The number of Topliss-reactive ketones (excluding diaryl/α,β-unsaturated/α-hetero) is 1. The largest absolute Gasteiger partial charge is 0.389 e. The Bertz CT molecular complexity index is 83.1. The second-order valence-corrected chi connectivity index (χ2v) is 1.80. The van der Waals surface area contributed by atoms with E-state index in [1.54, 1.807) is 0 Å². The first-order chi connectivity index (χ1) is 4.31. The third-order valence-corrected chi connectivity index (χ3v) is 1.01. The van der Waals surface area contributed by atoms with Gasteiger partial charge in [-0.15, -0.1) is 0 Å². The summed E-state index contributed by atoms with van der Waals surface area (Å²) in [7, 11) is 0. The summed E-state index contributed by atoms with van der Waals surface area (Å²) in [5, 5.41) is 11.2. The van der Waals surface area contributed by atoms with Gasteiger partial charge in [-0.25, -0.2) is 0 Å². The van der Waals surface area contributed by atoms with Crippen molar-refractivity contribution in [1.82, 2.24) is 5.32 Å². The molecule has 2 N–H and O–H groups in total. The Morgan fingerprint density at radius 3 is 2.78 bits per heavy atom. The molecule has 0 aromatic heterocycles. The molecule has 0 fully saturated rings. The van der Waals surface area contributed by atoms with Gasteiger partial charge in [-0.3, -0.25) is 4.79 Å². The van der Waals surface area contributed by atoms with Crippen LogP contribution >= 0.6 is 0 Å². The van der Waals surface area contributed by atoms with Gasteiger partial charge in [0.05, 0.1) is 0 Å². The number of ketones is 1. The zero-order valence-corrected chi connectivity index (χ0v) is 5.68. The molecule has 54 valence electrons. The number of aliphatic hydroxyl groups is 1. The molecular formula is C6H13NO2. The van der Waals surface area contributed by atoms with Gasteiger partial charge < -0.3 is 10.4 Å². The zero-order chi connectivity index (χ0) is 7.11.